The van der Waals surface area contributed by atoms with Gasteiger partial charge in [0.2, 0.25) is 0 Å². The lowest BCUT2D eigenvalue weighted by atomic mass is 10.2. The molecule has 1 aromatic carbocycles. The van der Waals surface area contributed by atoms with Crippen LogP contribution in [0.5, 0.6) is 11.5 Å². The average molecular weight is 187 g/mol. The standard InChI is InChI=1S/C9H4BO4/c11-7-4-2-5-1-3-6-9(8(5)12-7)14-10-13-6/h1-4H. The van der Waals surface area contributed by atoms with Crippen LogP contribution in [0.3, 0.4) is 0 Å². The van der Waals surface area contributed by atoms with Gasteiger partial charge in [-0.15, -0.1) is 0 Å². The van der Waals surface area contributed by atoms with Gasteiger partial charge in [-0.1, -0.05) is 0 Å². The first kappa shape index (κ1) is 7.49. The smallest absolute Gasteiger partial charge is 0.524 e. The molecule has 14 heavy (non-hydrogen) atoms. The predicted octanol–water partition coefficient (Wildman–Crippen LogP) is 1.10. The minimum Gasteiger partial charge on any atom is -0.524 e. The largest absolute Gasteiger partial charge is 0.658 e. The molecule has 3 rings (SSSR count). The van der Waals surface area contributed by atoms with E-state index < -0.39 is 5.63 Å². The van der Waals surface area contributed by atoms with Crippen LogP contribution in [0.2, 0.25) is 0 Å². The van der Waals surface area contributed by atoms with E-state index in [4.69, 9.17) is 13.7 Å². The van der Waals surface area contributed by atoms with Crippen molar-refractivity contribution >= 4 is 18.7 Å². The Labute approximate surface area is 79.4 Å². The summed E-state index contributed by atoms with van der Waals surface area (Å²) < 4.78 is 15.1. The van der Waals surface area contributed by atoms with Crippen molar-refractivity contribution in [3.8, 4) is 11.5 Å². The molecular formula is C9H4BO4. The predicted molar refractivity (Wildman–Crippen MR) is 49.5 cm³/mol. The molecule has 0 spiro atoms. The Bertz CT molecular complexity index is 560. The lowest BCUT2D eigenvalue weighted by Crippen LogP contribution is -2.00. The second-order valence-electron chi connectivity index (χ2n) is 2.90. The highest BCUT2D eigenvalue weighted by atomic mass is 16.6. The fourth-order valence-corrected chi connectivity index (χ4v) is 1.42. The number of fused-ring (bicyclic) bond motifs is 3. The van der Waals surface area contributed by atoms with E-state index >= 15 is 0 Å². The Hall–Kier alpha value is -1.91. The van der Waals surface area contributed by atoms with Crippen LogP contribution in [0.1, 0.15) is 0 Å². The van der Waals surface area contributed by atoms with Crippen LogP contribution in [-0.4, -0.2) is 7.69 Å². The number of hydrogen-bond acceptors (Lipinski definition) is 4. The molecule has 1 aromatic heterocycles. The van der Waals surface area contributed by atoms with Crippen LogP contribution >= 0.6 is 0 Å². The average Bonchev–Trinajstić information content (AvgIpc) is 2.65. The zero-order valence-electron chi connectivity index (χ0n) is 7.02. The van der Waals surface area contributed by atoms with Crippen molar-refractivity contribution in [3.05, 3.63) is 34.7 Å². The maximum Gasteiger partial charge on any atom is 0.658 e. The Morgan fingerprint density at radius 2 is 1.93 bits per heavy atom. The Balaban J connectivity index is 2.47. The van der Waals surface area contributed by atoms with E-state index in [2.05, 4.69) is 0 Å². The zero-order chi connectivity index (χ0) is 9.54. The van der Waals surface area contributed by atoms with E-state index in [1.165, 1.54) is 13.8 Å². The van der Waals surface area contributed by atoms with Gasteiger partial charge in [0.15, 0.2) is 11.3 Å². The first-order valence-corrected chi connectivity index (χ1v) is 4.06. The van der Waals surface area contributed by atoms with E-state index in [1.54, 1.807) is 18.2 Å². The van der Waals surface area contributed by atoms with Crippen LogP contribution in [0, 0.1) is 0 Å². The maximum absolute atomic E-state index is 11.0. The van der Waals surface area contributed by atoms with Crippen LogP contribution in [0.4, 0.5) is 0 Å². The fourth-order valence-electron chi connectivity index (χ4n) is 1.42. The number of rotatable bonds is 0. The topological polar surface area (TPSA) is 48.7 Å². The third-order valence-corrected chi connectivity index (χ3v) is 2.05. The zero-order valence-corrected chi connectivity index (χ0v) is 7.02. The highest BCUT2D eigenvalue weighted by molar-refractivity contribution is 6.24. The molecule has 0 atom stereocenters. The highest BCUT2D eigenvalue weighted by Gasteiger charge is 2.21. The molecule has 4 nitrogen and oxygen atoms in total. The third-order valence-electron chi connectivity index (χ3n) is 2.05. The summed E-state index contributed by atoms with van der Waals surface area (Å²) in [5, 5.41) is 0.808. The van der Waals surface area contributed by atoms with Gasteiger partial charge in [0.05, 0.1) is 0 Å². The van der Waals surface area contributed by atoms with Crippen LogP contribution in [-0.2, 0) is 0 Å². The molecule has 1 aliphatic rings. The molecule has 0 saturated carbocycles. The molecule has 0 amide bonds. The monoisotopic (exact) mass is 187 g/mol. The minimum atomic E-state index is -0.401. The molecule has 0 bridgehead atoms. The van der Waals surface area contributed by atoms with Gasteiger partial charge in [-0.2, -0.15) is 0 Å². The molecule has 1 radical (unpaired) electrons. The Morgan fingerprint density at radius 3 is 2.86 bits per heavy atom. The van der Waals surface area contributed by atoms with Crippen LogP contribution < -0.4 is 14.9 Å². The van der Waals surface area contributed by atoms with Crippen LogP contribution in [0.25, 0.3) is 11.0 Å². The van der Waals surface area contributed by atoms with Gasteiger partial charge in [-0.3, -0.25) is 0 Å². The molecule has 0 fully saturated rings. The fraction of sp³-hybridized carbons (Fsp3) is 0. The quantitative estimate of drug-likeness (QED) is 0.457. The lowest BCUT2D eigenvalue weighted by molar-refractivity contribution is 0.521. The van der Waals surface area contributed by atoms with Crippen molar-refractivity contribution in [1.82, 2.24) is 0 Å². The molecule has 2 aromatic rings. The lowest BCUT2D eigenvalue weighted by Gasteiger charge is -2.00. The normalized spacial score (nSPS) is 12.9. The molecular weight excluding hydrogens is 183 g/mol. The Kier molecular flexibility index (Phi) is 1.36. The number of hydrogen-bond donors (Lipinski definition) is 0. The van der Waals surface area contributed by atoms with E-state index in [-0.39, 0.29) is 0 Å². The highest BCUT2D eigenvalue weighted by Crippen LogP contribution is 2.37. The summed E-state index contributed by atoms with van der Waals surface area (Å²) in [6.45, 7) is 0. The molecule has 2 heterocycles. The van der Waals surface area contributed by atoms with E-state index in [1.807, 2.05) is 0 Å². The van der Waals surface area contributed by atoms with E-state index in [0.717, 1.165) is 5.39 Å². The van der Waals surface area contributed by atoms with Gasteiger partial charge in [0, 0.05) is 11.5 Å². The van der Waals surface area contributed by atoms with Crippen molar-refractivity contribution in [2.45, 2.75) is 0 Å². The molecule has 0 unspecified atom stereocenters. The summed E-state index contributed by atoms with van der Waals surface area (Å²) in [4.78, 5) is 11.0. The van der Waals surface area contributed by atoms with Crippen molar-refractivity contribution in [2.24, 2.45) is 0 Å². The third kappa shape index (κ3) is 0.922. The summed E-state index contributed by atoms with van der Waals surface area (Å²) in [7, 11) is 1.21. The summed E-state index contributed by atoms with van der Waals surface area (Å²) in [6, 6.07) is 6.62. The summed E-state index contributed by atoms with van der Waals surface area (Å²) in [6.07, 6.45) is 0. The van der Waals surface area contributed by atoms with E-state index in [9.17, 15) is 4.79 Å². The minimum absolute atomic E-state index is 0.401. The van der Waals surface area contributed by atoms with E-state index in [0.29, 0.717) is 17.1 Å². The van der Waals surface area contributed by atoms with Gasteiger partial charge < -0.3 is 13.7 Å². The van der Waals surface area contributed by atoms with Crippen molar-refractivity contribution in [3.63, 3.8) is 0 Å². The maximum atomic E-state index is 11.0. The molecule has 0 aliphatic carbocycles. The van der Waals surface area contributed by atoms with Gasteiger partial charge in [0.1, 0.15) is 5.75 Å². The summed E-state index contributed by atoms with van der Waals surface area (Å²) >= 11 is 0. The second-order valence-corrected chi connectivity index (χ2v) is 2.90. The molecule has 1 aliphatic heterocycles. The van der Waals surface area contributed by atoms with Gasteiger partial charge in [-0.25, -0.2) is 4.79 Å². The first-order valence-electron chi connectivity index (χ1n) is 4.06. The molecule has 67 valence electrons. The van der Waals surface area contributed by atoms with Crippen molar-refractivity contribution < 1.29 is 13.7 Å². The van der Waals surface area contributed by atoms with Crippen LogP contribution in [0.15, 0.2) is 33.5 Å². The van der Waals surface area contributed by atoms with Gasteiger partial charge in [0.25, 0.3) is 0 Å². The SMILES string of the molecule is O=c1ccc2ccc3c(c2o1)O[B]O3. The van der Waals surface area contributed by atoms with Crippen molar-refractivity contribution in [1.29, 1.82) is 0 Å². The molecule has 0 saturated heterocycles. The van der Waals surface area contributed by atoms with Crippen molar-refractivity contribution in [2.75, 3.05) is 0 Å². The van der Waals surface area contributed by atoms with Gasteiger partial charge in [-0.05, 0) is 18.2 Å². The summed E-state index contributed by atoms with van der Waals surface area (Å²) in [5.74, 6) is 1.02. The molecule has 5 heteroatoms. The number of benzene rings is 1. The summed E-state index contributed by atoms with van der Waals surface area (Å²) in [5.41, 5.74) is 0.0187. The van der Waals surface area contributed by atoms with Gasteiger partial charge >= 0.3 is 13.3 Å². The first-order chi connectivity index (χ1) is 6.84. The second kappa shape index (κ2) is 2.54. The Morgan fingerprint density at radius 1 is 1.07 bits per heavy atom. The molecule has 0 N–H and O–H groups in total.